The third kappa shape index (κ3) is 4.23. The summed E-state index contributed by atoms with van der Waals surface area (Å²) in [5.41, 5.74) is 5.92. The lowest BCUT2D eigenvalue weighted by molar-refractivity contribution is -0.138. The van der Waals surface area contributed by atoms with Gasteiger partial charge in [0.1, 0.15) is 0 Å². The molecule has 130 valence electrons. The van der Waals surface area contributed by atoms with E-state index in [1.165, 1.54) is 6.42 Å². The van der Waals surface area contributed by atoms with Gasteiger partial charge in [0.25, 0.3) is 0 Å². The molecule has 1 saturated carbocycles. The van der Waals surface area contributed by atoms with Gasteiger partial charge in [0.2, 0.25) is 11.8 Å². The minimum Gasteiger partial charge on any atom is -0.342 e. The first-order valence-electron chi connectivity index (χ1n) is 9.18. The van der Waals surface area contributed by atoms with Crippen molar-refractivity contribution in [2.45, 2.75) is 44.6 Å². The van der Waals surface area contributed by atoms with Crippen molar-refractivity contribution in [3.05, 3.63) is 0 Å². The number of rotatable bonds is 3. The number of likely N-dealkylation sites (tertiary alicyclic amines) is 1. The van der Waals surface area contributed by atoms with Gasteiger partial charge in [-0.3, -0.25) is 14.5 Å². The summed E-state index contributed by atoms with van der Waals surface area (Å²) < 4.78 is 0. The fraction of sp³-hybridized carbons (Fsp3) is 0.882. The van der Waals surface area contributed by atoms with Crippen LogP contribution in [0, 0.1) is 5.92 Å². The van der Waals surface area contributed by atoms with Gasteiger partial charge in [0.05, 0.1) is 6.54 Å². The average Bonchev–Trinajstić information content (AvgIpc) is 3.02. The molecule has 0 aromatic carbocycles. The number of amides is 2. The van der Waals surface area contributed by atoms with Crippen LogP contribution in [0.5, 0.6) is 0 Å². The number of piperidine rings is 1. The van der Waals surface area contributed by atoms with Crippen LogP contribution >= 0.6 is 0 Å². The van der Waals surface area contributed by atoms with E-state index in [9.17, 15) is 9.59 Å². The third-order valence-electron chi connectivity index (χ3n) is 5.57. The van der Waals surface area contributed by atoms with Crippen molar-refractivity contribution in [2.24, 2.45) is 11.7 Å². The molecule has 2 atom stereocenters. The van der Waals surface area contributed by atoms with E-state index >= 15 is 0 Å². The highest BCUT2D eigenvalue weighted by Crippen LogP contribution is 2.26. The van der Waals surface area contributed by atoms with E-state index in [2.05, 4.69) is 4.90 Å². The second-order valence-electron chi connectivity index (χ2n) is 7.31. The summed E-state index contributed by atoms with van der Waals surface area (Å²) in [5, 5.41) is 0. The van der Waals surface area contributed by atoms with E-state index in [1.54, 1.807) is 0 Å². The van der Waals surface area contributed by atoms with Crippen molar-refractivity contribution >= 4 is 11.8 Å². The Kier molecular flexibility index (Phi) is 5.54. The van der Waals surface area contributed by atoms with Gasteiger partial charge < -0.3 is 15.5 Å². The number of nitrogens with two attached hydrogens (primary N) is 1. The van der Waals surface area contributed by atoms with Crippen LogP contribution in [0.3, 0.4) is 0 Å². The molecule has 23 heavy (non-hydrogen) atoms. The molecule has 2 saturated heterocycles. The van der Waals surface area contributed by atoms with E-state index in [0.717, 1.165) is 71.4 Å². The lowest BCUT2D eigenvalue weighted by Crippen LogP contribution is -2.53. The number of piperazine rings is 1. The molecule has 2 aliphatic heterocycles. The van der Waals surface area contributed by atoms with Crippen molar-refractivity contribution in [3.63, 3.8) is 0 Å². The minimum absolute atomic E-state index is 0.131. The van der Waals surface area contributed by atoms with E-state index in [1.807, 2.05) is 9.80 Å². The Balaban J connectivity index is 1.41. The summed E-state index contributed by atoms with van der Waals surface area (Å²) in [5.74, 6) is 0.665. The van der Waals surface area contributed by atoms with Crippen molar-refractivity contribution in [2.75, 3.05) is 45.8 Å². The second-order valence-corrected chi connectivity index (χ2v) is 7.31. The molecule has 0 radical (unpaired) electrons. The maximum Gasteiger partial charge on any atom is 0.236 e. The van der Waals surface area contributed by atoms with Crippen molar-refractivity contribution in [1.82, 2.24) is 14.7 Å². The molecule has 3 fully saturated rings. The van der Waals surface area contributed by atoms with Gasteiger partial charge in [-0.25, -0.2) is 0 Å². The van der Waals surface area contributed by atoms with Gasteiger partial charge >= 0.3 is 0 Å². The fourth-order valence-corrected chi connectivity index (χ4v) is 4.06. The molecule has 2 unspecified atom stereocenters. The Bertz CT molecular complexity index is 428. The molecule has 0 aromatic heterocycles. The zero-order valence-corrected chi connectivity index (χ0v) is 14.1. The number of carbonyl (C=O) groups is 2. The van der Waals surface area contributed by atoms with Gasteiger partial charge in [-0.2, -0.15) is 0 Å². The Morgan fingerprint density at radius 2 is 1.57 bits per heavy atom. The van der Waals surface area contributed by atoms with Gasteiger partial charge in [-0.05, 0) is 38.5 Å². The molecule has 0 aromatic rings. The molecule has 6 nitrogen and oxygen atoms in total. The van der Waals surface area contributed by atoms with E-state index < -0.39 is 0 Å². The smallest absolute Gasteiger partial charge is 0.236 e. The zero-order valence-electron chi connectivity index (χ0n) is 14.1. The Morgan fingerprint density at radius 3 is 2.17 bits per heavy atom. The lowest BCUT2D eigenvalue weighted by Gasteiger charge is -2.37. The van der Waals surface area contributed by atoms with Crippen LogP contribution in [-0.4, -0.2) is 78.4 Å². The SMILES string of the molecule is NC1CCC(C(=O)N2CCN(CC(=O)N3CCCCC3)CC2)C1. The Hall–Kier alpha value is -1.14. The number of hydrogen-bond acceptors (Lipinski definition) is 4. The summed E-state index contributed by atoms with van der Waals surface area (Å²) in [6, 6.07) is 0.201. The Morgan fingerprint density at radius 1 is 0.870 bits per heavy atom. The number of hydrogen-bond donors (Lipinski definition) is 1. The normalized spacial score (nSPS) is 29.8. The van der Waals surface area contributed by atoms with Gasteiger partial charge in [0.15, 0.2) is 0 Å². The maximum atomic E-state index is 12.5. The molecule has 0 bridgehead atoms. The van der Waals surface area contributed by atoms with E-state index in [0.29, 0.717) is 6.54 Å². The van der Waals surface area contributed by atoms with Gasteiger partial charge in [-0.1, -0.05) is 0 Å². The van der Waals surface area contributed by atoms with Gasteiger partial charge in [-0.15, -0.1) is 0 Å². The minimum atomic E-state index is 0.131. The quantitative estimate of drug-likeness (QED) is 0.810. The van der Waals surface area contributed by atoms with Crippen LogP contribution in [0.25, 0.3) is 0 Å². The second kappa shape index (κ2) is 7.62. The lowest BCUT2D eigenvalue weighted by atomic mass is 10.1. The van der Waals surface area contributed by atoms with Crippen LogP contribution in [0.2, 0.25) is 0 Å². The third-order valence-corrected chi connectivity index (χ3v) is 5.57. The molecule has 2 amide bonds. The van der Waals surface area contributed by atoms with Crippen LogP contribution in [-0.2, 0) is 9.59 Å². The molecule has 6 heteroatoms. The van der Waals surface area contributed by atoms with Crippen molar-refractivity contribution < 1.29 is 9.59 Å². The summed E-state index contributed by atoms with van der Waals surface area (Å²) in [6.07, 6.45) is 6.27. The molecule has 0 spiro atoms. The van der Waals surface area contributed by atoms with E-state index in [-0.39, 0.29) is 23.8 Å². The van der Waals surface area contributed by atoms with Crippen LogP contribution in [0.1, 0.15) is 38.5 Å². The van der Waals surface area contributed by atoms with Crippen LogP contribution in [0.15, 0.2) is 0 Å². The summed E-state index contributed by atoms with van der Waals surface area (Å²) in [4.78, 5) is 31.0. The predicted octanol–water partition coefficient (Wildman–Crippen LogP) is 0.271. The molecule has 2 N–H and O–H groups in total. The highest BCUT2D eigenvalue weighted by molar-refractivity contribution is 5.80. The standard InChI is InChI=1S/C17H30N4O2/c18-15-5-4-14(12-15)17(23)21-10-8-19(9-11-21)13-16(22)20-6-2-1-3-7-20/h14-15H,1-13,18H2. The monoisotopic (exact) mass is 322 g/mol. The molecule has 3 rings (SSSR count). The van der Waals surface area contributed by atoms with Crippen LogP contribution < -0.4 is 5.73 Å². The first-order valence-corrected chi connectivity index (χ1v) is 9.18. The average molecular weight is 322 g/mol. The van der Waals surface area contributed by atoms with E-state index in [4.69, 9.17) is 5.73 Å². The summed E-state index contributed by atoms with van der Waals surface area (Å²) in [6.45, 7) is 5.46. The summed E-state index contributed by atoms with van der Waals surface area (Å²) in [7, 11) is 0. The topological polar surface area (TPSA) is 69.9 Å². The molecule has 3 aliphatic rings. The zero-order chi connectivity index (χ0) is 16.2. The first-order chi connectivity index (χ1) is 11.1. The fourth-order valence-electron chi connectivity index (χ4n) is 4.06. The predicted molar refractivity (Wildman–Crippen MR) is 88.8 cm³/mol. The van der Waals surface area contributed by atoms with Crippen molar-refractivity contribution in [1.29, 1.82) is 0 Å². The van der Waals surface area contributed by atoms with Crippen molar-refractivity contribution in [3.8, 4) is 0 Å². The molecular formula is C17H30N4O2. The maximum absolute atomic E-state index is 12.5. The molecule has 2 heterocycles. The van der Waals surface area contributed by atoms with Gasteiger partial charge in [0, 0.05) is 51.2 Å². The molecular weight excluding hydrogens is 292 g/mol. The Labute approximate surface area is 139 Å². The number of carbonyl (C=O) groups excluding carboxylic acids is 2. The first kappa shape index (κ1) is 16.7. The number of nitrogens with zero attached hydrogens (tertiary/aromatic N) is 3. The highest BCUT2D eigenvalue weighted by Gasteiger charge is 2.32. The largest absolute Gasteiger partial charge is 0.342 e. The highest BCUT2D eigenvalue weighted by atomic mass is 16.2. The summed E-state index contributed by atoms with van der Waals surface area (Å²) >= 11 is 0. The molecule has 1 aliphatic carbocycles. The van der Waals surface area contributed by atoms with Crippen LogP contribution in [0.4, 0.5) is 0 Å².